The van der Waals surface area contributed by atoms with Crippen molar-refractivity contribution in [3.8, 4) is 11.5 Å². The van der Waals surface area contributed by atoms with E-state index in [1.807, 2.05) is 6.07 Å². The molecule has 0 spiro atoms. The highest BCUT2D eigenvalue weighted by molar-refractivity contribution is 5.96. The predicted octanol–water partition coefficient (Wildman–Crippen LogP) is 8.42. The molecule has 198 valence electrons. The van der Waals surface area contributed by atoms with Crippen LogP contribution >= 0.6 is 0 Å². The highest BCUT2D eigenvalue weighted by atomic mass is 16.6. The molecule has 36 heavy (non-hydrogen) atoms. The smallest absolute Gasteiger partial charge is 0.342 e. The van der Waals surface area contributed by atoms with Crippen LogP contribution in [0.3, 0.4) is 0 Å². The Hall–Kier alpha value is -2.23. The molecule has 0 saturated carbocycles. The molecular formula is C32H46O4. The van der Waals surface area contributed by atoms with E-state index in [4.69, 9.17) is 9.47 Å². The van der Waals surface area contributed by atoms with Crippen LogP contribution in [0, 0.1) is 11.8 Å². The van der Waals surface area contributed by atoms with Crippen LogP contribution in [0.5, 0.6) is 11.5 Å². The molecule has 1 aliphatic heterocycles. The third kappa shape index (κ3) is 4.97. The molecule has 1 heterocycles. The first-order valence-electron chi connectivity index (χ1n) is 14.1. The fourth-order valence-electron chi connectivity index (χ4n) is 6.53. The quantitative estimate of drug-likeness (QED) is 0.235. The molecule has 3 aliphatic rings. The van der Waals surface area contributed by atoms with Crippen molar-refractivity contribution in [1.29, 1.82) is 0 Å². The Morgan fingerprint density at radius 1 is 1.19 bits per heavy atom. The maximum Gasteiger partial charge on any atom is 0.342 e. The zero-order valence-electron chi connectivity index (χ0n) is 23.5. The number of ether oxygens (including phenoxy) is 2. The molecular weight excluding hydrogens is 448 g/mol. The maximum absolute atomic E-state index is 14.0. The van der Waals surface area contributed by atoms with Crippen molar-refractivity contribution in [1.82, 2.24) is 0 Å². The standard InChI is InChI=1S/C32H46O4/c1-8-9-10-11-23-19-26-28(24-18-22(5)12-13-25(24)31(6,7)35-26)29(33)27(23)30(34)36-32(20(2)3)16-14-21(4)15-17-32/h14,18-20,24-25,33H,8-13,15-17H2,1-7H3/t24-,25-,32?/m1/s1. The third-order valence-electron chi connectivity index (χ3n) is 9.07. The van der Waals surface area contributed by atoms with Crippen molar-refractivity contribution in [2.75, 3.05) is 0 Å². The number of esters is 1. The van der Waals surface area contributed by atoms with Crippen LogP contribution in [0.2, 0.25) is 0 Å². The van der Waals surface area contributed by atoms with Crippen molar-refractivity contribution in [3.05, 3.63) is 46.1 Å². The molecule has 0 fully saturated rings. The first-order chi connectivity index (χ1) is 17.0. The Balaban J connectivity index is 1.81. The monoisotopic (exact) mass is 494 g/mol. The Morgan fingerprint density at radius 2 is 1.94 bits per heavy atom. The molecule has 1 aromatic carbocycles. The molecule has 0 radical (unpaired) electrons. The van der Waals surface area contributed by atoms with Crippen molar-refractivity contribution in [2.45, 2.75) is 123 Å². The van der Waals surface area contributed by atoms with Gasteiger partial charge in [-0.2, -0.15) is 0 Å². The minimum atomic E-state index is -0.540. The number of hydrogen-bond donors (Lipinski definition) is 1. The summed E-state index contributed by atoms with van der Waals surface area (Å²) in [4.78, 5) is 14.0. The molecule has 0 amide bonds. The van der Waals surface area contributed by atoms with E-state index in [0.717, 1.165) is 74.7 Å². The van der Waals surface area contributed by atoms with E-state index in [-0.39, 0.29) is 35.1 Å². The van der Waals surface area contributed by atoms with E-state index in [9.17, 15) is 9.90 Å². The van der Waals surface area contributed by atoms with Gasteiger partial charge in [-0.05, 0) is 83.8 Å². The normalized spacial score (nSPS) is 26.9. The van der Waals surface area contributed by atoms with Crippen LogP contribution in [-0.4, -0.2) is 22.3 Å². The zero-order valence-corrected chi connectivity index (χ0v) is 23.5. The van der Waals surface area contributed by atoms with Crippen molar-refractivity contribution in [2.24, 2.45) is 11.8 Å². The largest absolute Gasteiger partial charge is 0.507 e. The van der Waals surface area contributed by atoms with Crippen molar-refractivity contribution >= 4 is 5.97 Å². The van der Waals surface area contributed by atoms with Crippen LogP contribution in [0.15, 0.2) is 29.4 Å². The van der Waals surface area contributed by atoms with Crippen molar-refractivity contribution in [3.63, 3.8) is 0 Å². The van der Waals surface area contributed by atoms with E-state index in [1.165, 1.54) is 11.1 Å². The summed E-state index contributed by atoms with van der Waals surface area (Å²) in [5.41, 5.74) is 3.78. The van der Waals surface area contributed by atoms with Gasteiger partial charge in [0.15, 0.2) is 0 Å². The van der Waals surface area contributed by atoms with Crippen LogP contribution in [0.25, 0.3) is 0 Å². The molecule has 0 aromatic heterocycles. The number of benzene rings is 1. The Kier molecular flexibility index (Phi) is 7.65. The van der Waals surface area contributed by atoms with Gasteiger partial charge >= 0.3 is 5.97 Å². The van der Waals surface area contributed by atoms with Gasteiger partial charge in [-0.3, -0.25) is 0 Å². The van der Waals surface area contributed by atoms with Crippen LogP contribution in [0.4, 0.5) is 0 Å². The van der Waals surface area contributed by atoms with E-state index < -0.39 is 5.60 Å². The molecule has 0 saturated heterocycles. The van der Waals surface area contributed by atoms with Gasteiger partial charge in [0, 0.05) is 23.8 Å². The molecule has 0 bridgehead atoms. The number of allylic oxidation sites excluding steroid dienone is 3. The first kappa shape index (κ1) is 26.8. The lowest BCUT2D eigenvalue weighted by molar-refractivity contribution is -0.0499. The van der Waals surface area contributed by atoms with E-state index in [2.05, 4.69) is 60.6 Å². The SMILES string of the molecule is CCCCCc1cc2c(c(O)c1C(=O)OC1(C(C)C)CC=C(C)CC1)[C@@H]1C=C(C)CC[C@H]1C(C)(C)O2. The fraction of sp³-hybridized carbons (Fsp3) is 0.656. The zero-order chi connectivity index (χ0) is 26.3. The number of hydrogen-bond acceptors (Lipinski definition) is 4. The van der Waals surface area contributed by atoms with Gasteiger partial charge in [0.1, 0.15) is 28.3 Å². The first-order valence-corrected chi connectivity index (χ1v) is 14.1. The van der Waals surface area contributed by atoms with Gasteiger partial charge in [-0.15, -0.1) is 0 Å². The van der Waals surface area contributed by atoms with Crippen molar-refractivity contribution < 1.29 is 19.4 Å². The molecule has 3 atom stereocenters. The number of phenols is 1. The fourth-order valence-corrected chi connectivity index (χ4v) is 6.53. The molecule has 1 unspecified atom stereocenters. The Labute approximate surface area is 218 Å². The van der Waals surface area contributed by atoms with Gasteiger partial charge < -0.3 is 14.6 Å². The average Bonchev–Trinajstić information content (AvgIpc) is 2.80. The molecule has 4 rings (SSSR count). The second-order valence-corrected chi connectivity index (χ2v) is 12.4. The van der Waals surface area contributed by atoms with E-state index >= 15 is 0 Å². The Morgan fingerprint density at radius 3 is 2.58 bits per heavy atom. The lowest BCUT2D eigenvalue weighted by Crippen LogP contribution is -2.45. The van der Waals surface area contributed by atoms with Gasteiger partial charge in [0.05, 0.1) is 0 Å². The number of fused-ring (bicyclic) bond motifs is 3. The van der Waals surface area contributed by atoms with E-state index in [0.29, 0.717) is 5.56 Å². The predicted molar refractivity (Wildman–Crippen MR) is 146 cm³/mol. The topological polar surface area (TPSA) is 55.8 Å². The number of phenolic OH excluding ortho intramolecular Hbond substituents is 1. The highest BCUT2D eigenvalue weighted by Gasteiger charge is 2.47. The molecule has 4 nitrogen and oxygen atoms in total. The van der Waals surface area contributed by atoms with Crippen LogP contribution in [-0.2, 0) is 11.2 Å². The second-order valence-electron chi connectivity index (χ2n) is 12.4. The summed E-state index contributed by atoms with van der Waals surface area (Å²) < 4.78 is 12.9. The molecule has 2 aliphatic carbocycles. The number of aryl methyl sites for hydroxylation is 1. The lowest BCUT2D eigenvalue weighted by Gasteiger charge is -2.46. The number of carbonyl (C=O) groups is 1. The lowest BCUT2D eigenvalue weighted by atomic mass is 9.67. The van der Waals surface area contributed by atoms with E-state index in [1.54, 1.807) is 0 Å². The summed E-state index contributed by atoms with van der Waals surface area (Å²) in [6.45, 7) is 15.1. The minimum Gasteiger partial charge on any atom is -0.507 e. The average molecular weight is 495 g/mol. The third-order valence-corrected chi connectivity index (χ3v) is 9.07. The summed E-state index contributed by atoms with van der Waals surface area (Å²) in [5, 5.41) is 11.8. The van der Waals surface area contributed by atoms with Gasteiger partial charge in [-0.25, -0.2) is 4.79 Å². The number of aromatic hydroxyl groups is 1. The number of carbonyl (C=O) groups excluding carboxylic acids is 1. The summed E-state index contributed by atoms with van der Waals surface area (Å²) in [7, 11) is 0. The second kappa shape index (κ2) is 10.3. The molecule has 1 N–H and O–H groups in total. The maximum atomic E-state index is 14.0. The number of unbranched alkanes of at least 4 members (excludes halogenated alkanes) is 2. The highest BCUT2D eigenvalue weighted by Crippen LogP contribution is 2.55. The summed E-state index contributed by atoms with van der Waals surface area (Å²) in [6.07, 6.45) is 12.9. The Bertz CT molecular complexity index is 1060. The summed E-state index contributed by atoms with van der Waals surface area (Å²) in [5.74, 6) is 0.883. The molecule has 1 aromatic rings. The van der Waals surface area contributed by atoms with Crippen LogP contribution < -0.4 is 4.74 Å². The van der Waals surface area contributed by atoms with Gasteiger partial charge in [0.2, 0.25) is 0 Å². The van der Waals surface area contributed by atoms with Gasteiger partial charge in [0.25, 0.3) is 0 Å². The summed E-state index contributed by atoms with van der Waals surface area (Å²) >= 11 is 0. The van der Waals surface area contributed by atoms with Crippen LogP contribution in [0.1, 0.15) is 127 Å². The number of rotatable bonds is 7. The minimum absolute atomic E-state index is 0.0352. The summed E-state index contributed by atoms with van der Waals surface area (Å²) in [6, 6.07) is 2.03. The van der Waals surface area contributed by atoms with Gasteiger partial charge in [-0.1, -0.05) is 56.9 Å². The molecule has 4 heteroatoms.